The molecule has 0 N–H and O–H groups in total. The van der Waals surface area contributed by atoms with E-state index in [1.165, 1.54) is 10.1 Å². The van der Waals surface area contributed by atoms with Crippen LogP contribution in [0.5, 0.6) is 11.5 Å². The van der Waals surface area contributed by atoms with E-state index < -0.39 is 17.3 Å². The molecule has 2 bridgehead atoms. The third-order valence-electron chi connectivity index (χ3n) is 8.99. The smallest absolute Gasteiger partial charge is 0.356 e. The van der Waals surface area contributed by atoms with Crippen molar-refractivity contribution in [2.75, 3.05) is 31.2 Å². The van der Waals surface area contributed by atoms with Gasteiger partial charge in [-0.1, -0.05) is 55.8 Å². The minimum atomic E-state index is -0.780. The van der Waals surface area contributed by atoms with E-state index in [0.717, 1.165) is 25.2 Å². The molecule has 1 saturated heterocycles. The zero-order valence-corrected chi connectivity index (χ0v) is 27.8. The maximum atomic E-state index is 15.6. The minimum absolute atomic E-state index is 0.0227. The molecule has 2 atom stereocenters. The first-order chi connectivity index (χ1) is 23.1. The Morgan fingerprint density at radius 2 is 1.71 bits per heavy atom. The second-order valence-electron chi connectivity index (χ2n) is 12.6. The van der Waals surface area contributed by atoms with Crippen LogP contribution in [0.4, 0.5) is 14.6 Å². The summed E-state index contributed by atoms with van der Waals surface area (Å²) in [7, 11) is 0. The summed E-state index contributed by atoms with van der Waals surface area (Å²) in [5, 5.41) is 0.525. The van der Waals surface area contributed by atoms with Crippen LogP contribution in [0.1, 0.15) is 44.9 Å². The normalized spacial score (nSPS) is 18.1. The molecule has 0 amide bonds. The summed E-state index contributed by atoms with van der Waals surface area (Å²) in [6.45, 7) is 10.1. The molecule has 248 valence electrons. The molecule has 0 unspecified atom stereocenters. The van der Waals surface area contributed by atoms with Gasteiger partial charge >= 0.3 is 5.69 Å². The average molecular weight is 673 g/mol. The van der Waals surface area contributed by atoms with Crippen LogP contribution in [0.25, 0.3) is 28.0 Å². The molecule has 2 aromatic carbocycles. The second kappa shape index (κ2) is 12.8. The predicted molar refractivity (Wildman–Crippen MR) is 181 cm³/mol. The third-order valence-corrected chi connectivity index (χ3v) is 9.27. The lowest BCUT2D eigenvalue weighted by Gasteiger charge is -2.45. The van der Waals surface area contributed by atoms with E-state index in [1.807, 2.05) is 32.0 Å². The predicted octanol–water partition coefficient (Wildman–Crippen LogP) is 6.77. The maximum absolute atomic E-state index is 15.6. The van der Waals surface area contributed by atoms with E-state index in [1.54, 1.807) is 18.3 Å². The number of piperazine rings is 1. The standard InChI is InChI=1S/C36H35ClF2N6O3/c1-20(2)30-32-28(12-13-40-30)47-14-15-48-33-27(39)11-10-26(38)29(33)31-25(37)16-24-34(42-36(46)45(32)35(24)41-31)44-18-21(3)43(17-22(44)4)19-23-8-6-5-7-9-23/h5-13,16,20-22H,14-15,17-19H2,1-4H3/t21-,22+/m1/s1. The molecule has 7 rings (SSSR count). The molecular formula is C36H35ClF2N6O3. The van der Waals surface area contributed by atoms with Crippen molar-refractivity contribution in [3.63, 3.8) is 0 Å². The summed E-state index contributed by atoms with van der Waals surface area (Å²) < 4.78 is 44.0. The van der Waals surface area contributed by atoms with Crippen molar-refractivity contribution in [1.82, 2.24) is 24.4 Å². The first-order valence-corrected chi connectivity index (χ1v) is 16.4. The van der Waals surface area contributed by atoms with Gasteiger partial charge in [0.25, 0.3) is 0 Å². The highest BCUT2D eigenvalue weighted by Crippen LogP contribution is 2.42. The molecule has 5 aromatic rings. The van der Waals surface area contributed by atoms with Gasteiger partial charge in [0.1, 0.15) is 36.3 Å². The molecular weight excluding hydrogens is 638 g/mol. The summed E-state index contributed by atoms with van der Waals surface area (Å²) in [4.78, 5) is 33.0. The Morgan fingerprint density at radius 1 is 0.958 bits per heavy atom. The van der Waals surface area contributed by atoms with Crippen molar-refractivity contribution in [2.24, 2.45) is 0 Å². The van der Waals surface area contributed by atoms with Crippen LogP contribution in [-0.4, -0.2) is 62.8 Å². The van der Waals surface area contributed by atoms with Gasteiger partial charge in [-0.25, -0.2) is 23.1 Å². The zero-order chi connectivity index (χ0) is 33.7. The van der Waals surface area contributed by atoms with Gasteiger partial charge in [-0.05, 0) is 43.5 Å². The van der Waals surface area contributed by atoms with Crippen LogP contribution in [-0.2, 0) is 6.54 Å². The fraction of sp³-hybridized carbons (Fsp3) is 0.333. The molecule has 0 spiro atoms. The molecule has 0 radical (unpaired) electrons. The summed E-state index contributed by atoms with van der Waals surface area (Å²) in [5.74, 6) is -1.25. The van der Waals surface area contributed by atoms with Crippen LogP contribution in [0, 0.1) is 11.6 Å². The number of fused-ring (bicyclic) bond motifs is 5. The molecule has 5 heterocycles. The Labute approximate surface area is 281 Å². The summed E-state index contributed by atoms with van der Waals surface area (Å²) in [6, 6.07) is 15.6. The molecule has 2 aliphatic heterocycles. The number of hydrogen-bond acceptors (Lipinski definition) is 8. The van der Waals surface area contributed by atoms with Gasteiger partial charge in [-0.3, -0.25) is 9.88 Å². The highest BCUT2D eigenvalue weighted by Gasteiger charge is 2.33. The lowest BCUT2D eigenvalue weighted by molar-refractivity contribution is 0.157. The Morgan fingerprint density at radius 3 is 2.48 bits per heavy atom. The van der Waals surface area contributed by atoms with Gasteiger partial charge < -0.3 is 14.4 Å². The molecule has 9 nitrogen and oxygen atoms in total. The average Bonchev–Trinajstić information content (AvgIpc) is 3.06. The van der Waals surface area contributed by atoms with Gasteiger partial charge in [0.2, 0.25) is 0 Å². The first kappa shape index (κ1) is 32.0. The fourth-order valence-electron chi connectivity index (χ4n) is 6.64. The highest BCUT2D eigenvalue weighted by atomic mass is 35.5. The quantitative estimate of drug-likeness (QED) is 0.207. The van der Waals surface area contributed by atoms with Crippen molar-refractivity contribution >= 4 is 28.5 Å². The molecule has 0 aliphatic carbocycles. The molecule has 12 heteroatoms. The number of anilines is 1. The largest absolute Gasteiger partial charge is 0.488 e. The number of aromatic nitrogens is 4. The Bertz CT molecular complexity index is 2080. The number of ether oxygens (including phenoxy) is 2. The van der Waals surface area contributed by atoms with Gasteiger partial charge in [0.15, 0.2) is 17.2 Å². The van der Waals surface area contributed by atoms with Crippen molar-refractivity contribution in [2.45, 2.75) is 52.2 Å². The monoisotopic (exact) mass is 672 g/mol. The number of pyridine rings is 2. The number of nitrogens with zero attached hydrogens (tertiary/aromatic N) is 6. The lowest BCUT2D eigenvalue weighted by Crippen LogP contribution is -2.56. The number of halogens is 3. The summed E-state index contributed by atoms with van der Waals surface area (Å²) >= 11 is 6.90. The first-order valence-electron chi connectivity index (χ1n) is 16.0. The van der Waals surface area contributed by atoms with Crippen molar-refractivity contribution in [1.29, 1.82) is 0 Å². The van der Waals surface area contributed by atoms with Gasteiger partial charge in [0.05, 0.1) is 27.4 Å². The van der Waals surface area contributed by atoms with Gasteiger partial charge in [0, 0.05) is 44.0 Å². The van der Waals surface area contributed by atoms with Crippen LogP contribution < -0.4 is 20.1 Å². The van der Waals surface area contributed by atoms with Crippen molar-refractivity contribution in [3.05, 3.63) is 99.2 Å². The van der Waals surface area contributed by atoms with Crippen molar-refractivity contribution in [3.8, 4) is 28.4 Å². The summed E-state index contributed by atoms with van der Waals surface area (Å²) in [5.41, 5.74) is 1.41. The number of rotatable bonds is 4. The second-order valence-corrected chi connectivity index (χ2v) is 13.0. The van der Waals surface area contributed by atoms with Crippen LogP contribution in [0.2, 0.25) is 5.02 Å². The molecule has 2 aliphatic rings. The van der Waals surface area contributed by atoms with E-state index in [0.29, 0.717) is 34.9 Å². The highest BCUT2D eigenvalue weighted by molar-refractivity contribution is 6.34. The van der Waals surface area contributed by atoms with E-state index in [2.05, 4.69) is 45.7 Å². The Kier molecular flexibility index (Phi) is 8.51. The van der Waals surface area contributed by atoms with E-state index in [-0.39, 0.29) is 58.9 Å². The topological polar surface area (TPSA) is 85.6 Å². The molecule has 3 aromatic heterocycles. The van der Waals surface area contributed by atoms with Gasteiger partial charge in [-0.2, -0.15) is 4.98 Å². The van der Waals surface area contributed by atoms with Crippen LogP contribution >= 0.6 is 11.6 Å². The molecule has 48 heavy (non-hydrogen) atoms. The maximum Gasteiger partial charge on any atom is 0.356 e. The fourth-order valence-corrected chi connectivity index (χ4v) is 6.88. The van der Waals surface area contributed by atoms with Gasteiger partial charge in [-0.15, -0.1) is 0 Å². The third kappa shape index (κ3) is 5.64. The van der Waals surface area contributed by atoms with E-state index in [9.17, 15) is 4.79 Å². The number of hydrogen-bond donors (Lipinski definition) is 0. The minimum Gasteiger partial charge on any atom is -0.488 e. The lowest BCUT2D eigenvalue weighted by atomic mass is 10.0. The van der Waals surface area contributed by atoms with E-state index >= 15 is 8.78 Å². The number of benzene rings is 2. The van der Waals surface area contributed by atoms with Crippen LogP contribution in [0.3, 0.4) is 0 Å². The Balaban J connectivity index is 1.47. The molecule has 1 fully saturated rings. The zero-order valence-electron chi connectivity index (χ0n) is 27.1. The molecule has 0 saturated carbocycles. The van der Waals surface area contributed by atoms with Crippen molar-refractivity contribution < 1.29 is 18.3 Å². The van der Waals surface area contributed by atoms with E-state index in [4.69, 9.17) is 26.1 Å². The SMILES string of the molecule is CC(C)c1nccc2c1-n1c(=O)nc(N3C[C@@H](C)N(Cc4ccccc4)C[C@@H]3C)c3cc(Cl)c(nc31)-c1c(F)ccc(F)c1OCCO2. The summed E-state index contributed by atoms with van der Waals surface area (Å²) in [6.07, 6.45) is 1.61. The Hall–Kier alpha value is -4.61. The van der Waals surface area contributed by atoms with Crippen LogP contribution in [0.15, 0.2) is 65.6 Å².